The molecule has 0 aliphatic carbocycles. The van der Waals surface area contributed by atoms with Crippen LogP contribution in [0.25, 0.3) is 11.5 Å². The lowest BCUT2D eigenvalue weighted by Crippen LogP contribution is -2.10. The molecule has 1 atom stereocenters. The summed E-state index contributed by atoms with van der Waals surface area (Å²) in [4.78, 5) is 22.6. The van der Waals surface area contributed by atoms with Crippen LogP contribution in [-0.2, 0) is 4.74 Å². The third-order valence-electron chi connectivity index (χ3n) is 3.86. The first-order valence-electron chi connectivity index (χ1n) is 8.89. The van der Waals surface area contributed by atoms with Crippen LogP contribution in [0, 0.1) is 10.1 Å². The first kappa shape index (κ1) is 20.0. The van der Waals surface area contributed by atoms with Gasteiger partial charge in [0.05, 0.1) is 16.6 Å². The molecule has 1 heterocycles. The minimum atomic E-state index is -0.770. The van der Waals surface area contributed by atoms with E-state index >= 15 is 0 Å². The number of benzene rings is 2. The Balaban J connectivity index is 1.65. The number of nitrogens with zero attached hydrogens (tertiary/aromatic N) is 3. The van der Waals surface area contributed by atoms with Gasteiger partial charge in [0.15, 0.2) is 6.10 Å². The van der Waals surface area contributed by atoms with Crippen molar-refractivity contribution in [2.24, 2.45) is 0 Å². The summed E-state index contributed by atoms with van der Waals surface area (Å²) >= 11 is 0. The zero-order valence-electron chi connectivity index (χ0n) is 16.1. The number of ether oxygens (including phenoxy) is 2. The minimum absolute atomic E-state index is 0.0373. The lowest BCUT2D eigenvalue weighted by atomic mass is 10.2. The van der Waals surface area contributed by atoms with Crippen LogP contribution in [0.3, 0.4) is 0 Å². The highest BCUT2D eigenvalue weighted by Gasteiger charge is 2.20. The van der Waals surface area contributed by atoms with Crippen molar-refractivity contribution in [3.8, 4) is 17.2 Å². The highest BCUT2D eigenvalue weighted by molar-refractivity contribution is 5.89. The van der Waals surface area contributed by atoms with Gasteiger partial charge in [0.25, 0.3) is 11.6 Å². The van der Waals surface area contributed by atoms with E-state index in [2.05, 4.69) is 10.2 Å². The second kappa shape index (κ2) is 8.51. The van der Waals surface area contributed by atoms with Crippen LogP contribution in [0.2, 0.25) is 0 Å². The molecule has 0 saturated carbocycles. The smallest absolute Gasteiger partial charge is 0.338 e. The average Bonchev–Trinajstić information content (AvgIpc) is 3.18. The number of rotatable bonds is 7. The maximum atomic E-state index is 12.3. The largest absolute Gasteiger partial charge is 0.491 e. The van der Waals surface area contributed by atoms with Crippen LogP contribution in [0.5, 0.6) is 5.75 Å². The van der Waals surface area contributed by atoms with Gasteiger partial charge in [-0.05, 0) is 57.2 Å². The molecular formula is C20H19N3O6. The van der Waals surface area contributed by atoms with Gasteiger partial charge in [0, 0.05) is 17.7 Å². The van der Waals surface area contributed by atoms with E-state index in [9.17, 15) is 14.9 Å². The molecule has 0 saturated heterocycles. The Morgan fingerprint density at radius 2 is 1.69 bits per heavy atom. The molecule has 0 N–H and O–H groups in total. The van der Waals surface area contributed by atoms with Crippen LogP contribution in [0.4, 0.5) is 5.69 Å². The van der Waals surface area contributed by atoms with Crippen LogP contribution < -0.4 is 4.74 Å². The minimum Gasteiger partial charge on any atom is -0.491 e. The van der Waals surface area contributed by atoms with Crippen molar-refractivity contribution in [3.63, 3.8) is 0 Å². The summed E-state index contributed by atoms with van der Waals surface area (Å²) < 4.78 is 16.5. The van der Waals surface area contributed by atoms with Gasteiger partial charge < -0.3 is 13.9 Å². The summed E-state index contributed by atoms with van der Waals surface area (Å²) in [6, 6.07) is 12.3. The number of esters is 1. The monoisotopic (exact) mass is 397 g/mol. The molecule has 0 amide bonds. The molecule has 9 nitrogen and oxygen atoms in total. The fourth-order valence-corrected chi connectivity index (χ4v) is 2.46. The molecule has 1 aromatic heterocycles. The molecule has 9 heteroatoms. The molecule has 3 aromatic rings. The zero-order chi connectivity index (χ0) is 21.0. The van der Waals surface area contributed by atoms with Gasteiger partial charge in [-0.3, -0.25) is 10.1 Å². The van der Waals surface area contributed by atoms with Crippen molar-refractivity contribution in [2.45, 2.75) is 33.0 Å². The number of carbonyl (C=O) groups excluding carboxylic acids is 1. The molecule has 0 unspecified atom stereocenters. The predicted octanol–water partition coefficient (Wildman–Crippen LogP) is 4.35. The molecule has 0 aliphatic rings. The maximum Gasteiger partial charge on any atom is 0.338 e. The molecule has 0 bridgehead atoms. The van der Waals surface area contributed by atoms with E-state index in [0.29, 0.717) is 16.9 Å². The van der Waals surface area contributed by atoms with Crippen molar-refractivity contribution in [1.82, 2.24) is 10.2 Å². The Morgan fingerprint density at radius 3 is 2.28 bits per heavy atom. The third kappa shape index (κ3) is 4.95. The van der Waals surface area contributed by atoms with Crippen molar-refractivity contribution >= 4 is 11.7 Å². The Labute approximate surface area is 166 Å². The normalized spacial score (nSPS) is 11.9. The molecular weight excluding hydrogens is 378 g/mol. The molecule has 2 aromatic carbocycles. The third-order valence-corrected chi connectivity index (χ3v) is 3.86. The second-order valence-electron chi connectivity index (χ2n) is 6.49. The molecule has 3 rings (SSSR count). The summed E-state index contributed by atoms with van der Waals surface area (Å²) in [5.74, 6) is 0.414. The van der Waals surface area contributed by atoms with E-state index in [-0.39, 0.29) is 23.6 Å². The standard InChI is InChI=1S/C20H19N3O6/c1-12(2)27-17-10-6-15(7-11-17)20(24)28-13(3)18-21-22-19(29-18)14-4-8-16(9-5-14)23(25)26/h4-13H,1-3H3/t13-/m1/s1. The molecule has 0 spiro atoms. The Bertz CT molecular complexity index is 996. The lowest BCUT2D eigenvalue weighted by Gasteiger charge is -2.11. The van der Waals surface area contributed by atoms with E-state index in [4.69, 9.17) is 13.9 Å². The Kier molecular flexibility index (Phi) is 5.87. The van der Waals surface area contributed by atoms with Crippen molar-refractivity contribution in [1.29, 1.82) is 0 Å². The lowest BCUT2D eigenvalue weighted by molar-refractivity contribution is -0.384. The molecule has 0 radical (unpaired) electrons. The first-order valence-corrected chi connectivity index (χ1v) is 8.89. The van der Waals surface area contributed by atoms with Crippen molar-refractivity contribution in [3.05, 3.63) is 70.1 Å². The number of nitro benzene ring substituents is 1. The van der Waals surface area contributed by atoms with E-state index in [1.54, 1.807) is 31.2 Å². The van der Waals surface area contributed by atoms with E-state index in [1.807, 2.05) is 13.8 Å². The number of nitro groups is 1. The number of hydrogen-bond donors (Lipinski definition) is 0. The van der Waals surface area contributed by atoms with Gasteiger partial charge in [0.2, 0.25) is 5.89 Å². The van der Waals surface area contributed by atoms with Gasteiger partial charge in [-0.1, -0.05) is 0 Å². The number of hydrogen-bond acceptors (Lipinski definition) is 8. The summed E-state index contributed by atoms with van der Waals surface area (Å²) in [6.45, 7) is 5.44. The van der Waals surface area contributed by atoms with Crippen LogP contribution in [0.15, 0.2) is 52.9 Å². The van der Waals surface area contributed by atoms with E-state index in [1.165, 1.54) is 24.3 Å². The molecule has 0 fully saturated rings. The summed E-state index contributed by atoms with van der Waals surface area (Å²) in [7, 11) is 0. The van der Waals surface area contributed by atoms with Gasteiger partial charge in [0.1, 0.15) is 5.75 Å². The van der Waals surface area contributed by atoms with Gasteiger partial charge in [-0.25, -0.2) is 4.79 Å². The van der Waals surface area contributed by atoms with Crippen LogP contribution in [0.1, 0.15) is 43.1 Å². The first-order chi connectivity index (χ1) is 13.8. The van der Waals surface area contributed by atoms with Crippen molar-refractivity contribution < 1.29 is 23.6 Å². The van der Waals surface area contributed by atoms with E-state index < -0.39 is 17.0 Å². The Hall–Kier alpha value is -3.75. The SMILES string of the molecule is CC(C)Oc1ccc(C(=O)O[C@H](C)c2nnc(-c3ccc([N+](=O)[O-])cc3)o2)cc1. The highest BCUT2D eigenvalue weighted by atomic mass is 16.6. The second-order valence-corrected chi connectivity index (χ2v) is 6.49. The zero-order valence-corrected chi connectivity index (χ0v) is 16.1. The molecule has 0 aliphatic heterocycles. The Morgan fingerprint density at radius 1 is 1.03 bits per heavy atom. The fourth-order valence-electron chi connectivity index (χ4n) is 2.46. The van der Waals surface area contributed by atoms with Gasteiger partial charge >= 0.3 is 5.97 Å². The molecule has 29 heavy (non-hydrogen) atoms. The topological polar surface area (TPSA) is 118 Å². The average molecular weight is 397 g/mol. The highest BCUT2D eigenvalue weighted by Crippen LogP contribution is 2.25. The van der Waals surface area contributed by atoms with Gasteiger partial charge in [-0.15, -0.1) is 10.2 Å². The fraction of sp³-hybridized carbons (Fsp3) is 0.250. The molecule has 150 valence electrons. The summed E-state index contributed by atoms with van der Waals surface area (Å²) in [5, 5.41) is 18.5. The van der Waals surface area contributed by atoms with Crippen LogP contribution >= 0.6 is 0 Å². The van der Waals surface area contributed by atoms with Crippen LogP contribution in [-0.4, -0.2) is 27.2 Å². The summed E-state index contributed by atoms with van der Waals surface area (Å²) in [5.41, 5.74) is 0.845. The number of carbonyl (C=O) groups is 1. The van der Waals surface area contributed by atoms with E-state index in [0.717, 1.165) is 0 Å². The van der Waals surface area contributed by atoms with Crippen molar-refractivity contribution in [2.75, 3.05) is 0 Å². The quantitative estimate of drug-likeness (QED) is 0.328. The number of non-ortho nitro benzene ring substituents is 1. The maximum absolute atomic E-state index is 12.3. The van der Waals surface area contributed by atoms with Gasteiger partial charge in [-0.2, -0.15) is 0 Å². The summed E-state index contributed by atoms with van der Waals surface area (Å²) in [6.07, 6.45) is -0.733. The predicted molar refractivity (Wildman–Crippen MR) is 102 cm³/mol. The number of aromatic nitrogens is 2.